The van der Waals surface area contributed by atoms with E-state index in [-0.39, 0.29) is 6.03 Å². The average molecular weight is 303 g/mol. The van der Waals surface area contributed by atoms with Gasteiger partial charge in [0.25, 0.3) is 0 Å². The fourth-order valence-electron chi connectivity index (χ4n) is 2.31. The maximum atomic E-state index is 11.7. The fourth-order valence-corrected chi connectivity index (χ4v) is 2.78. The van der Waals surface area contributed by atoms with Crippen LogP contribution in [0.3, 0.4) is 0 Å². The Morgan fingerprint density at radius 1 is 1.50 bits per heavy atom. The van der Waals surface area contributed by atoms with Crippen molar-refractivity contribution in [3.63, 3.8) is 0 Å². The lowest BCUT2D eigenvalue weighted by molar-refractivity contribution is -0.139. The van der Waals surface area contributed by atoms with Crippen LogP contribution in [0.5, 0.6) is 0 Å². The number of rotatable bonds is 8. The van der Waals surface area contributed by atoms with Crippen LogP contribution in [-0.4, -0.2) is 66.2 Å². The Balaban J connectivity index is 2.26. The van der Waals surface area contributed by atoms with Gasteiger partial charge in [-0.1, -0.05) is 6.92 Å². The van der Waals surface area contributed by atoms with Gasteiger partial charge in [-0.25, -0.2) is 9.59 Å². The third-order valence-corrected chi connectivity index (χ3v) is 4.23. The SMILES string of the molecule is CCN1CCC(CNC(=O)N[C@@H](CCSC)C(=O)O)C1. The summed E-state index contributed by atoms with van der Waals surface area (Å²) >= 11 is 1.57. The monoisotopic (exact) mass is 303 g/mol. The summed E-state index contributed by atoms with van der Waals surface area (Å²) < 4.78 is 0. The van der Waals surface area contributed by atoms with Crippen LogP contribution in [0.1, 0.15) is 19.8 Å². The smallest absolute Gasteiger partial charge is 0.326 e. The number of likely N-dealkylation sites (tertiary alicyclic amines) is 1. The van der Waals surface area contributed by atoms with Crippen molar-refractivity contribution in [3.05, 3.63) is 0 Å². The molecule has 0 radical (unpaired) electrons. The first-order valence-electron chi connectivity index (χ1n) is 7.05. The lowest BCUT2D eigenvalue weighted by atomic mass is 10.1. The number of urea groups is 1. The molecule has 1 heterocycles. The Morgan fingerprint density at radius 2 is 2.25 bits per heavy atom. The van der Waals surface area contributed by atoms with E-state index in [1.165, 1.54) is 0 Å². The molecule has 1 aliphatic heterocycles. The standard InChI is InChI=1S/C13H25N3O3S/c1-3-16-6-4-10(9-16)8-14-13(19)15-11(12(17)18)5-7-20-2/h10-11H,3-9H2,1-2H3,(H,17,18)(H2,14,15,19)/t10?,11-/m0/s1. The molecule has 1 rings (SSSR count). The number of aliphatic carboxylic acids is 1. The second kappa shape index (κ2) is 9.07. The summed E-state index contributed by atoms with van der Waals surface area (Å²) in [6, 6.07) is -1.19. The van der Waals surface area contributed by atoms with Crippen LogP contribution in [0.4, 0.5) is 4.79 Å². The molecule has 2 atom stereocenters. The van der Waals surface area contributed by atoms with E-state index in [4.69, 9.17) is 5.11 Å². The quantitative estimate of drug-likeness (QED) is 0.619. The highest BCUT2D eigenvalue weighted by molar-refractivity contribution is 7.98. The van der Waals surface area contributed by atoms with Crippen molar-refractivity contribution in [1.82, 2.24) is 15.5 Å². The zero-order chi connectivity index (χ0) is 15.0. The summed E-state index contributed by atoms with van der Waals surface area (Å²) in [7, 11) is 0. The molecule has 3 N–H and O–H groups in total. The lowest BCUT2D eigenvalue weighted by Crippen LogP contribution is -2.47. The van der Waals surface area contributed by atoms with Gasteiger partial charge < -0.3 is 20.6 Å². The molecule has 1 aliphatic rings. The topological polar surface area (TPSA) is 81.7 Å². The van der Waals surface area contributed by atoms with Crippen LogP contribution >= 0.6 is 11.8 Å². The summed E-state index contributed by atoms with van der Waals surface area (Å²) in [6.07, 6.45) is 3.44. The van der Waals surface area contributed by atoms with Crippen LogP contribution in [-0.2, 0) is 4.79 Å². The van der Waals surface area contributed by atoms with E-state index in [9.17, 15) is 9.59 Å². The Morgan fingerprint density at radius 3 is 2.80 bits per heavy atom. The van der Waals surface area contributed by atoms with Gasteiger partial charge in [0.15, 0.2) is 0 Å². The van der Waals surface area contributed by atoms with Gasteiger partial charge in [0.2, 0.25) is 0 Å². The maximum absolute atomic E-state index is 11.7. The number of hydrogen-bond acceptors (Lipinski definition) is 4. The molecule has 0 spiro atoms. The molecule has 20 heavy (non-hydrogen) atoms. The number of nitrogens with zero attached hydrogens (tertiary/aromatic N) is 1. The molecule has 0 saturated carbocycles. The van der Waals surface area contributed by atoms with Crippen LogP contribution in [0.15, 0.2) is 0 Å². The summed E-state index contributed by atoms with van der Waals surface area (Å²) in [5.74, 6) is 0.202. The number of carbonyl (C=O) groups excluding carboxylic acids is 1. The molecule has 0 aromatic carbocycles. The van der Waals surface area contributed by atoms with Crippen LogP contribution in [0, 0.1) is 5.92 Å². The van der Waals surface area contributed by atoms with Gasteiger partial charge in [-0.3, -0.25) is 0 Å². The number of amides is 2. The van der Waals surface area contributed by atoms with Crippen LogP contribution in [0.25, 0.3) is 0 Å². The van der Waals surface area contributed by atoms with Crippen molar-refractivity contribution in [2.45, 2.75) is 25.8 Å². The van der Waals surface area contributed by atoms with Gasteiger partial charge in [0.1, 0.15) is 6.04 Å². The summed E-state index contributed by atoms with van der Waals surface area (Å²) in [5.41, 5.74) is 0. The summed E-state index contributed by atoms with van der Waals surface area (Å²) in [6.45, 7) is 5.86. The highest BCUT2D eigenvalue weighted by atomic mass is 32.2. The molecule has 116 valence electrons. The minimum Gasteiger partial charge on any atom is -0.480 e. The minimum absolute atomic E-state index is 0.381. The van der Waals surface area contributed by atoms with E-state index in [0.29, 0.717) is 24.6 Å². The van der Waals surface area contributed by atoms with Crippen molar-refractivity contribution in [3.8, 4) is 0 Å². The summed E-state index contributed by atoms with van der Waals surface area (Å²) in [5, 5.41) is 14.3. The molecule has 7 heteroatoms. The predicted octanol–water partition coefficient (Wildman–Crippen LogP) is 0.834. The number of thioether (sulfide) groups is 1. The highest BCUT2D eigenvalue weighted by Crippen LogP contribution is 2.14. The Kier molecular flexibility index (Phi) is 7.76. The van der Waals surface area contributed by atoms with Crippen molar-refractivity contribution in [2.75, 3.05) is 38.2 Å². The zero-order valence-electron chi connectivity index (χ0n) is 12.2. The molecule has 0 aromatic heterocycles. The van der Waals surface area contributed by atoms with Crippen LogP contribution in [0.2, 0.25) is 0 Å². The second-order valence-corrected chi connectivity index (χ2v) is 6.06. The van der Waals surface area contributed by atoms with E-state index >= 15 is 0 Å². The third kappa shape index (κ3) is 6.00. The first kappa shape index (κ1) is 17.1. The number of carboxylic acids is 1. The van der Waals surface area contributed by atoms with Crippen molar-refractivity contribution >= 4 is 23.8 Å². The second-order valence-electron chi connectivity index (χ2n) is 5.07. The maximum Gasteiger partial charge on any atom is 0.326 e. The Hall–Kier alpha value is -0.950. The minimum atomic E-state index is -0.979. The van der Waals surface area contributed by atoms with Gasteiger partial charge in [0.05, 0.1) is 0 Å². The number of hydrogen-bond donors (Lipinski definition) is 3. The number of carboxylic acid groups (broad SMARTS) is 1. The van der Waals surface area contributed by atoms with E-state index < -0.39 is 12.0 Å². The molecule has 1 unspecified atom stereocenters. The predicted molar refractivity (Wildman–Crippen MR) is 81.2 cm³/mol. The van der Waals surface area contributed by atoms with Gasteiger partial charge in [0, 0.05) is 13.1 Å². The van der Waals surface area contributed by atoms with Gasteiger partial charge in [-0.2, -0.15) is 11.8 Å². The fraction of sp³-hybridized carbons (Fsp3) is 0.846. The molecular weight excluding hydrogens is 278 g/mol. The average Bonchev–Trinajstić information content (AvgIpc) is 2.88. The summed E-state index contributed by atoms with van der Waals surface area (Å²) in [4.78, 5) is 25.1. The van der Waals surface area contributed by atoms with Gasteiger partial charge >= 0.3 is 12.0 Å². The van der Waals surface area contributed by atoms with Gasteiger partial charge in [-0.05, 0) is 43.9 Å². The Bertz CT molecular complexity index is 328. The van der Waals surface area contributed by atoms with Crippen molar-refractivity contribution in [2.24, 2.45) is 5.92 Å². The van der Waals surface area contributed by atoms with Gasteiger partial charge in [-0.15, -0.1) is 0 Å². The van der Waals surface area contributed by atoms with E-state index in [0.717, 1.165) is 26.1 Å². The first-order chi connectivity index (χ1) is 9.56. The Labute approximate surface area is 124 Å². The van der Waals surface area contributed by atoms with Crippen LogP contribution < -0.4 is 10.6 Å². The molecule has 6 nitrogen and oxygen atoms in total. The molecule has 0 aromatic rings. The third-order valence-electron chi connectivity index (χ3n) is 3.58. The van der Waals surface area contributed by atoms with E-state index in [1.807, 2.05) is 6.26 Å². The van der Waals surface area contributed by atoms with E-state index in [2.05, 4.69) is 22.5 Å². The zero-order valence-corrected chi connectivity index (χ0v) is 13.0. The highest BCUT2D eigenvalue weighted by Gasteiger charge is 2.23. The molecule has 0 bridgehead atoms. The van der Waals surface area contributed by atoms with Crippen molar-refractivity contribution in [1.29, 1.82) is 0 Å². The molecule has 0 aliphatic carbocycles. The number of carbonyl (C=O) groups is 2. The molecule has 1 fully saturated rings. The lowest BCUT2D eigenvalue weighted by Gasteiger charge is -2.17. The largest absolute Gasteiger partial charge is 0.480 e. The normalized spacial score (nSPS) is 20.6. The van der Waals surface area contributed by atoms with E-state index in [1.54, 1.807) is 11.8 Å². The number of nitrogens with one attached hydrogen (secondary N) is 2. The molecule has 2 amide bonds. The first-order valence-corrected chi connectivity index (χ1v) is 8.44. The van der Waals surface area contributed by atoms with Crippen molar-refractivity contribution < 1.29 is 14.7 Å². The molecular formula is C13H25N3O3S. The molecule has 1 saturated heterocycles.